The highest BCUT2D eigenvalue weighted by atomic mass is 16.2. The van der Waals surface area contributed by atoms with Crippen LogP contribution in [0.25, 0.3) is 0 Å². The number of hydrogen-bond donors (Lipinski definition) is 0. The Balaban J connectivity index is 1.80. The standard InChI is InChI=1S/C16H14N2O3/c1-17-10-7-8-11(19)14(17)13-12(10)15(20)18(16(13)21)9-5-3-2-4-6-9/h2-8,10,12-14H,1H3/t10?,12-,13-,14?/m0/s1. The molecule has 0 aromatic heterocycles. The molecule has 2 unspecified atom stereocenters. The maximum absolute atomic E-state index is 12.7. The lowest BCUT2D eigenvalue weighted by Gasteiger charge is -2.29. The number of ketones is 1. The third-order valence-corrected chi connectivity index (χ3v) is 4.78. The van der Waals surface area contributed by atoms with E-state index in [1.807, 2.05) is 18.0 Å². The maximum atomic E-state index is 12.7. The fourth-order valence-electron chi connectivity index (χ4n) is 3.85. The first-order valence-electron chi connectivity index (χ1n) is 6.98. The normalized spacial score (nSPS) is 34.7. The van der Waals surface area contributed by atoms with E-state index >= 15 is 0 Å². The van der Waals surface area contributed by atoms with Crippen LogP contribution in [0.3, 0.4) is 0 Å². The van der Waals surface area contributed by atoms with Gasteiger partial charge in [0.05, 0.1) is 23.6 Å². The number of benzene rings is 1. The van der Waals surface area contributed by atoms with Crippen LogP contribution >= 0.6 is 0 Å². The van der Waals surface area contributed by atoms with E-state index in [2.05, 4.69) is 0 Å². The van der Waals surface area contributed by atoms with Crippen LogP contribution in [0.15, 0.2) is 42.5 Å². The zero-order valence-corrected chi connectivity index (χ0v) is 11.5. The van der Waals surface area contributed by atoms with Gasteiger partial charge in [-0.15, -0.1) is 0 Å². The van der Waals surface area contributed by atoms with Crippen LogP contribution in [0.1, 0.15) is 0 Å². The zero-order chi connectivity index (χ0) is 14.7. The van der Waals surface area contributed by atoms with Crippen molar-refractivity contribution in [2.75, 3.05) is 11.9 Å². The molecule has 5 nitrogen and oxygen atoms in total. The minimum absolute atomic E-state index is 0.0858. The lowest BCUT2D eigenvalue weighted by molar-refractivity contribution is -0.128. The Morgan fingerprint density at radius 3 is 2.33 bits per heavy atom. The summed E-state index contributed by atoms with van der Waals surface area (Å²) >= 11 is 0. The second kappa shape index (κ2) is 4.11. The second-order valence-electron chi connectivity index (χ2n) is 5.76. The summed E-state index contributed by atoms with van der Waals surface area (Å²) in [5, 5.41) is 0. The molecule has 3 heterocycles. The number of nitrogens with zero attached hydrogens (tertiary/aromatic N) is 2. The van der Waals surface area contributed by atoms with Gasteiger partial charge in [0.1, 0.15) is 0 Å². The summed E-state index contributed by atoms with van der Waals surface area (Å²) in [6.45, 7) is 0. The van der Waals surface area contributed by atoms with Crippen molar-refractivity contribution in [1.29, 1.82) is 0 Å². The Morgan fingerprint density at radius 2 is 1.62 bits per heavy atom. The van der Waals surface area contributed by atoms with E-state index in [0.29, 0.717) is 5.69 Å². The Kier molecular flexibility index (Phi) is 2.44. The van der Waals surface area contributed by atoms with Crippen molar-refractivity contribution in [1.82, 2.24) is 4.90 Å². The highest BCUT2D eigenvalue weighted by Crippen LogP contribution is 2.45. The molecule has 0 saturated carbocycles. The second-order valence-corrected chi connectivity index (χ2v) is 5.76. The van der Waals surface area contributed by atoms with Gasteiger partial charge in [0, 0.05) is 6.04 Å². The Labute approximate surface area is 121 Å². The summed E-state index contributed by atoms with van der Waals surface area (Å²) in [4.78, 5) is 40.6. The van der Waals surface area contributed by atoms with Crippen LogP contribution in [0.4, 0.5) is 5.69 Å². The average Bonchev–Trinajstić information content (AvgIpc) is 2.83. The van der Waals surface area contributed by atoms with Gasteiger partial charge < -0.3 is 0 Å². The monoisotopic (exact) mass is 282 g/mol. The quantitative estimate of drug-likeness (QED) is 0.708. The van der Waals surface area contributed by atoms with Crippen LogP contribution < -0.4 is 4.90 Å². The topological polar surface area (TPSA) is 57.7 Å². The predicted molar refractivity (Wildman–Crippen MR) is 75.4 cm³/mol. The van der Waals surface area contributed by atoms with E-state index in [4.69, 9.17) is 0 Å². The summed E-state index contributed by atoms with van der Waals surface area (Å²) in [6, 6.07) is 8.24. The van der Waals surface area contributed by atoms with Crippen molar-refractivity contribution in [3.8, 4) is 0 Å². The number of carbonyl (C=O) groups excluding carboxylic acids is 3. The van der Waals surface area contributed by atoms with E-state index in [1.54, 1.807) is 30.3 Å². The molecular formula is C16H14N2O3. The average molecular weight is 282 g/mol. The van der Waals surface area contributed by atoms with Gasteiger partial charge in [0.25, 0.3) is 0 Å². The molecule has 5 heteroatoms. The minimum atomic E-state index is -0.560. The van der Waals surface area contributed by atoms with E-state index in [0.717, 1.165) is 0 Å². The number of carbonyl (C=O) groups is 3. The van der Waals surface area contributed by atoms with Gasteiger partial charge in [0.2, 0.25) is 11.8 Å². The lowest BCUT2D eigenvalue weighted by Crippen LogP contribution is -2.47. The highest BCUT2D eigenvalue weighted by molar-refractivity contribution is 6.24. The van der Waals surface area contributed by atoms with Gasteiger partial charge >= 0.3 is 0 Å². The molecular weight excluding hydrogens is 268 g/mol. The van der Waals surface area contributed by atoms with Crippen molar-refractivity contribution in [3.05, 3.63) is 42.5 Å². The minimum Gasteiger partial charge on any atom is -0.293 e. The number of rotatable bonds is 1. The van der Waals surface area contributed by atoms with Gasteiger partial charge in [-0.05, 0) is 25.3 Å². The van der Waals surface area contributed by atoms with Gasteiger partial charge in [-0.2, -0.15) is 0 Å². The van der Waals surface area contributed by atoms with Crippen LogP contribution in [0, 0.1) is 11.8 Å². The molecule has 21 heavy (non-hydrogen) atoms. The molecule has 0 spiro atoms. The third-order valence-electron chi connectivity index (χ3n) is 4.78. The fraction of sp³-hybridized carbons (Fsp3) is 0.312. The Morgan fingerprint density at radius 1 is 0.952 bits per heavy atom. The van der Waals surface area contributed by atoms with E-state index in [9.17, 15) is 14.4 Å². The van der Waals surface area contributed by atoms with Crippen molar-refractivity contribution in [2.24, 2.45) is 11.8 Å². The molecule has 2 fully saturated rings. The molecule has 2 amide bonds. The van der Waals surface area contributed by atoms with E-state index in [-0.39, 0.29) is 23.6 Å². The van der Waals surface area contributed by atoms with E-state index < -0.39 is 17.9 Å². The lowest BCUT2D eigenvalue weighted by atomic mass is 9.90. The molecule has 4 atom stereocenters. The largest absolute Gasteiger partial charge is 0.293 e. The molecule has 1 aromatic rings. The molecule has 106 valence electrons. The van der Waals surface area contributed by atoms with Crippen molar-refractivity contribution in [3.63, 3.8) is 0 Å². The number of anilines is 1. The van der Waals surface area contributed by atoms with Gasteiger partial charge in [0.15, 0.2) is 5.78 Å². The highest BCUT2D eigenvalue weighted by Gasteiger charge is 2.63. The van der Waals surface area contributed by atoms with E-state index in [1.165, 1.54) is 11.0 Å². The van der Waals surface area contributed by atoms with Gasteiger partial charge in [-0.3, -0.25) is 19.3 Å². The molecule has 4 rings (SSSR count). The SMILES string of the molecule is CN1C2C(=O)C=CC1[C@@H]1C(=O)N(c3ccccc3)C(=O)[C@H]21. The van der Waals surface area contributed by atoms with Crippen LogP contribution in [-0.4, -0.2) is 41.6 Å². The fourth-order valence-corrected chi connectivity index (χ4v) is 3.85. The number of likely N-dealkylation sites (N-methyl/N-ethyl adjacent to an activating group) is 1. The predicted octanol–water partition coefficient (Wildman–Crippen LogP) is 0.614. The molecule has 2 bridgehead atoms. The molecule has 0 N–H and O–H groups in total. The molecule has 1 aromatic carbocycles. The maximum Gasteiger partial charge on any atom is 0.239 e. The number of imide groups is 1. The molecule has 2 saturated heterocycles. The van der Waals surface area contributed by atoms with Gasteiger partial charge in [-0.1, -0.05) is 24.3 Å². The number of hydrogen-bond acceptors (Lipinski definition) is 4. The first kappa shape index (κ1) is 12.5. The van der Waals surface area contributed by atoms with Crippen molar-refractivity contribution >= 4 is 23.3 Å². The Hall–Kier alpha value is -2.27. The first-order chi connectivity index (χ1) is 10.1. The van der Waals surface area contributed by atoms with Crippen LogP contribution in [0.5, 0.6) is 0 Å². The van der Waals surface area contributed by atoms with Crippen LogP contribution in [-0.2, 0) is 14.4 Å². The van der Waals surface area contributed by atoms with Crippen molar-refractivity contribution < 1.29 is 14.4 Å². The Bertz CT molecular complexity index is 682. The smallest absolute Gasteiger partial charge is 0.239 e. The van der Waals surface area contributed by atoms with Crippen molar-refractivity contribution in [2.45, 2.75) is 12.1 Å². The summed E-state index contributed by atoms with van der Waals surface area (Å²) in [6.07, 6.45) is 3.27. The summed E-state index contributed by atoms with van der Waals surface area (Å²) in [5.74, 6) is -1.55. The van der Waals surface area contributed by atoms with Crippen LogP contribution in [0.2, 0.25) is 0 Å². The summed E-state index contributed by atoms with van der Waals surface area (Å²) < 4.78 is 0. The molecule has 0 radical (unpaired) electrons. The molecule has 0 aliphatic carbocycles. The number of para-hydroxylation sites is 1. The molecule has 3 aliphatic rings. The number of fused-ring (bicyclic) bond motifs is 5. The summed E-state index contributed by atoms with van der Waals surface area (Å²) in [7, 11) is 1.81. The molecule has 3 aliphatic heterocycles. The first-order valence-corrected chi connectivity index (χ1v) is 6.98. The van der Waals surface area contributed by atoms with Gasteiger partial charge in [-0.25, -0.2) is 4.90 Å². The zero-order valence-electron chi connectivity index (χ0n) is 11.5. The third kappa shape index (κ3) is 1.46. The number of amides is 2. The summed E-state index contributed by atoms with van der Waals surface area (Å²) in [5.41, 5.74) is 0.582.